The molecule has 5 heteroatoms. The van der Waals surface area contributed by atoms with Crippen molar-refractivity contribution >= 4 is 17.6 Å². The lowest BCUT2D eigenvalue weighted by molar-refractivity contribution is 0.804. The van der Waals surface area contributed by atoms with Crippen LogP contribution in [0.1, 0.15) is 36.5 Å². The van der Waals surface area contributed by atoms with Gasteiger partial charge in [0.25, 0.3) is 0 Å². The summed E-state index contributed by atoms with van der Waals surface area (Å²) < 4.78 is 0. The van der Waals surface area contributed by atoms with Gasteiger partial charge in [-0.25, -0.2) is 15.8 Å². The van der Waals surface area contributed by atoms with Gasteiger partial charge in [0.1, 0.15) is 17.2 Å². The maximum Gasteiger partial charge on any atom is 0.147 e. The Labute approximate surface area is 124 Å². The molecule has 0 atom stereocenters. The standard InChI is InChI=1S/C15H20N4S/c1-10(2)13-14(19-16)17-9-18-15(13)20-8-12-6-4-5-11(3)7-12/h4-7,9-10H,8,16H2,1-3H3,(H,17,18,19). The zero-order chi connectivity index (χ0) is 14.5. The molecule has 0 spiro atoms. The molecule has 106 valence electrons. The van der Waals surface area contributed by atoms with Crippen LogP contribution in [0.15, 0.2) is 35.6 Å². The van der Waals surface area contributed by atoms with Gasteiger partial charge in [0.15, 0.2) is 0 Å². The molecule has 0 aliphatic carbocycles. The third kappa shape index (κ3) is 3.49. The summed E-state index contributed by atoms with van der Waals surface area (Å²) in [5, 5.41) is 0.990. The monoisotopic (exact) mass is 288 g/mol. The summed E-state index contributed by atoms with van der Waals surface area (Å²) in [5.74, 6) is 7.46. The number of nitrogens with one attached hydrogen (secondary N) is 1. The van der Waals surface area contributed by atoms with E-state index < -0.39 is 0 Å². The molecule has 0 bridgehead atoms. The Bertz CT molecular complexity index is 584. The number of hydrogen-bond donors (Lipinski definition) is 2. The second-order valence-electron chi connectivity index (χ2n) is 5.02. The van der Waals surface area contributed by atoms with Gasteiger partial charge in [-0.3, -0.25) is 0 Å². The van der Waals surface area contributed by atoms with E-state index in [1.807, 2.05) is 0 Å². The fourth-order valence-corrected chi connectivity index (χ4v) is 3.18. The van der Waals surface area contributed by atoms with Crippen LogP contribution in [-0.4, -0.2) is 9.97 Å². The largest absolute Gasteiger partial charge is 0.308 e. The number of rotatable bonds is 5. The van der Waals surface area contributed by atoms with Crippen LogP contribution in [0.3, 0.4) is 0 Å². The number of aromatic nitrogens is 2. The Balaban J connectivity index is 2.21. The van der Waals surface area contributed by atoms with Gasteiger partial charge in [-0.2, -0.15) is 0 Å². The van der Waals surface area contributed by atoms with Crippen molar-refractivity contribution in [3.63, 3.8) is 0 Å². The summed E-state index contributed by atoms with van der Waals surface area (Å²) in [6.07, 6.45) is 1.56. The first-order chi connectivity index (χ1) is 9.61. The number of nitrogens with zero attached hydrogens (tertiary/aromatic N) is 2. The van der Waals surface area contributed by atoms with E-state index in [2.05, 4.69) is 60.4 Å². The molecule has 2 rings (SSSR count). The molecule has 0 fully saturated rings. The minimum Gasteiger partial charge on any atom is -0.308 e. The minimum atomic E-state index is 0.322. The average Bonchev–Trinajstić information content (AvgIpc) is 2.44. The molecule has 1 aromatic heterocycles. The Kier molecular flexibility index (Phi) is 4.98. The van der Waals surface area contributed by atoms with Crippen molar-refractivity contribution in [1.29, 1.82) is 0 Å². The normalized spacial score (nSPS) is 10.8. The Hall–Kier alpha value is -1.59. The molecule has 20 heavy (non-hydrogen) atoms. The van der Waals surface area contributed by atoms with E-state index in [0.29, 0.717) is 11.7 Å². The quantitative estimate of drug-likeness (QED) is 0.382. The minimum absolute atomic E-state index is 0.322. The Morgan fingerprint density at radius 2 is 2.10 bits per heavy atom. The second kappa shape index (κ2) is 6.72. The van der Waals surface area contributed by atoms with Gasteiger partial charge in [-0.1, -0.05) is 43.7 Å². The highest BCUT2D eigenvalue weighted by Crippen LogP contribution is 2.32. The van der Waals surface area contributed by atoms with E-state index in [1.165, 1.54) is 11.1 Å². The van der Waals surface area contributed by atoms with Gasteiger partial charge >= 0.3 is 0 Å². The van der Waals surface area contributed by atoms with Crippen LogP contribution in [0.5, 0.6) is 0 Å². The highest BCUT2D eigenvalue weighted by Gasteiger charge is 2.14. The summed E-state index contributed by atoms with van der Waals surface area (Å²) >= 11 is 1.72. The number of thioether (sulfide) groups is 1. The molecule has 2 aromatic rings. The van der Waals surface area contributed by atoms with Crippen LogP contribution in [-0.2, 0) is 5.75 Å². The molecule has 0 aliphatic heterocycles. The molecule has 0 unspecified atom stereocenters. The molecule has 0 saturated carbocycles. The fourth-order valence-electron chi connectivity index (χ4n) is 2.08. The van der Waals surface area contributed by atoms with Gasteiger partial charge < -0.3 is 5.43 Å². The van der Waals surface area contributed by atoms with Crippen LogP contribution in [0.4, 0.5) is 5.82 Å². The first-order valence-corrected chi connectivity index (χ1v) is 7.60. The van der Waals surface area contributed by atoms with Gasteiger partial charge in [-0.05, 0) is 18.4 Å². The number of hydrazine groups is 1. The van der Waals surface area contributed by atoms with E-state index in [4.69, 9.17) is 5.84 Å². The number of anilines is 1. The van der Waals surface area contributed by atoms with Gasteiger partial charge in [0.05, 0.1) is 0 Å². The summed E-state index contributed by atoms with van der Waals surface area (Å²) in [6.45, 7) is 6.35. The van der Waals surface area contributed by atoms with Crippen LogP contribution < -0.4 is 11.3 Å². The van der Waals surface area contributed by atoms with E-state index in [-0.39, 0.29) is 0 Å². The zero-order valence-corrected chi connectivity index (χ0v) is 12.9. The molecular formula is C15H20N4S. The highest BCUT2D eigenvalue weighted by molar-refractivity contribution is 7.98. The van der Waals surface area contributed by atoms with Gasteiger partial charge in [0, 0.05) is 11.3 Å². The summed E-state index contributed by atoms with van der Waals surface area (Å²) in [4.78, 5) is 8.59. The van der Waals surface area contributed by atoms with Crippen molar-refractivity contribution in [3.05, 3.63) is 47.3 Å². The topological polar surface area (TPSA) is 63.8 Å². The third-order valence-corrected chi connectivity index (χ3v) is 4.10. The predicted molar refractivity (Wildman–Crippen MR) is 84.7 cm³/mol. The molecule has 0 saturated heterocycles. The lowest BCUT2D eigenvalue weighted by Crippen LogP contribution is -2.13. The molecule has 0 aliphatic rings. The van der Waals surface area contributed by atoms with Crippen molar-refractivity contribution in [1.82, 2.24) is 9.97 Å². The smallest absolute Gasteiger partial charge is 0.147 e. The number of nitrogens with two attached hydrogens (primary N) is 1. The van der Waals surface area contributed by atoms with Crippen molar-refractivity contribution in [2.75, 3.05) is 5.43 Å². The molecule has 3 N–H and O–H groups in total. The predicted octanol–water partition coefficient (Wildman–Crippen LogP) is 3.49. The lowest BCUT2D eigenvalue weighted by Gasteiger charge is -2.14. The summed E-state index contributed by atoms with van der Waals surface area (Å²) in [6, 6.07) is 8.53. The SMILES string of the molecule is Cc1cccc(CSc2ncnc(NN)c2C(C)C)c1. The molecular weight excluding hydrogens is 268 g/mol. The van der Waals surface area contributed by atoms with Crippen molar-refractivity contribution in [3.8, 4) is 0 Å². The van der Waals surface area contributed by atoms with Crippen molar-refractivity contribution in [2.24, 2.45) is 5.84 Å². The lowest BCUT2D eigenvalue weighted by atomic mass is 10.1. The highest BCUT2D eigenvalue weighted by atomic mass is 32.2. The van der Waals surface area contributed by atoms with E-state index in [1.54, 1.807) is 18.1 Å². The van der Waals surface area contributed by atoms with Gasteiger partial charge in [0.2, 0.25) is 0 Å². The maximum absolute atomic E-state index is 5.53. The molecule has 1 heterocycles. The van der Waals surface area contributed by atoms with E-state index >= 15 is 0 Å². The van der Waals surface area contributed by atoms with Crippen LogP contribution in [0, 0.1) is 6.92 Å². The molecule has 0 radical (unpaired) electrons. The van der Waals surface area contributed by atoms with Crippen LogP contribution in [0.25, 0.3) is 0 Å². The molecule has 4 nitrogen and oxygen atoms in total. The van der Waals surface area contributed by atoms with Crippen LogP contribution >= 0.6 is 11.8 Å². The Morgan fingerprint density at radius 1 is 1.30 bits per heavy atom. The number of nitrogen functional groups attached to an aromatic ring is 1. The van der Waals surface area contributed by atoms with Crippen molar-refractivity contribution in [2.45, 2.75) is 37.5 Å². The fraction of sp³-hybridized carbons (Fsp3) is 0.333. The first-order valence-electron chi connectivity index (χ1n) is 6.61. The van der Waals surface area contributed by atoms with E-state index in [9.17, 15) is 0 Å². The van der Waals surface area contributed by atoms with E-state index in [0.717, 1.165) is 16.3 Å². The maximum atomic E-state index is 5.53. The van der Waals surface area contributed by atoms with Crippen molar-refractivity contribution < 1.29 is 0 Å². The zero-order valence-electron chi connectivity index (χ0n) is 12.1. The van der Waals surface area contributed by atoms with Crippen LogP contribution in [0.2, 0.25) is 0 Å². The second-order valence-corrected chi connectivity index (χ2v) is 5.98. The molecule has 0 amide bonds. The third-order valence-electron chi connectivity index (χ3n) is 3.02. The number of benzene rings is 1. The average molecular weight is 288 g/mol. The molecule has 1 aromatic carbocycles. The van der Waals surface area contributed by atoms with Gasteiger partial charge in [-0.15, -0.1) is 11.8 Å². The number of aryl methyl sites for hydroxylation is 1. The summed E-state index contributed by atoms with van der Waals surface area (Å²) in [7, 11) is 0. The Morgan fingerprint density at radius 3 is 2.75 bits per heavy atom. The summed E-state index contributed by atoms with van der Waals surface area (Å²) in [5.41, 5.74) is 6.31. The number of hydrogen-bond acceptors (Lipinski definition) is 5. The first kappa shape index (κ1) is 14.8.